The molecule has 5 heteroatoms. The number of benzene rings is 1. The Hall–Kier alpha value is -1.55. The zero-order valence-electron chi connectivity index (χ0n) is 9.02. The van der Waals surface area contributed by atoms with Crippen LogP contribution in [-0.2, 0) is 9.47 Å². The molecule has 0 atom stereocenters. The third-order valence-electron chi connectivity index (χ3n) is 2.55. The molecule has 90 valence electrons. The van der Waals surface area contributed by atoms with Crippen LogP contribution in [0.15, 0.2) is 24.3 Å². The molecule has 1 fully saturated rings. The number of rotatable bonds is 2. The maximum atomic E-state index is 11.5. The maximum Gasteiger partial charge on any atom is 0.516 e. The van der Waals surface area contributed by atoms with E-state index >= 15 is 0 Å². The van der Waals surface area contributed by atoms with Crippen LogP contribution in [0, 0.1) is 0 Å². The van der Waals surface area contributed by atoms with Gasteiger partial charge in [0.05, 0.1) is 5.56 Å². The van der Waals surface area contributed by atoms with Gasteiger partial charge in [-0.1, -0.05) is 17.7 Å². The zero-order valence-corrected chi connectivity index (χ0v) is 9.77. The average molecular weight is 255 g/mol. The molecule has 1 aromatic carbocycles. The Bertz CT molecular complexity index is 440. The lowest BCUT2D eigenvalue weighted by Gasteiger charge is -2.24. The highest BCUT2D eigenvalue weighted by molar-refractivity contribution is 6.30. The van der Waals surface area contributed by atoms with Crippen LogP contribution in [0.1, 0.15) is 29.6 Å². The Labute approximate surface area is 103 Å². The lowest BCUT2D eigenvalue weighted by atomic mass is 9.96. The summed E-state index contributed by atoms with van der Waals surface area (Å²) in [6.07, 6.45) is 1.66. The maximum absolute atomic E-state index is 11.5. The first-order chi connectivity index (χ1) is 8.15. The molecule has 2 rings (SSSR count). The minimum Gasteiger partial charge on any atom is -0.431 e. The normalized spacial score (nSPS) is 14.9. The molecule has 0 heterocycles. The monoisotopic (exact) mass is 254 g/mol. The van der Waals surface area contributed by atoms with Gasteiger partial charge in [-0.05, 0) is 37.5 Å². The number of halogens is 1. The molecule has 0 saturated heterocycles. The van der Waals surface area contributed by atoms with Gasteiger partial charge in [-0.2, -0.15) is 0 Å². The number of ether oxygens (including phenoxy) is 2. The van der Waals surface area contributed by atoms with E-state index in [1.54, 1.807) is 12.1 Å². The van der Waals surface area contributed by atoms with Gasteiger partial charge >= 0.3 is 12.1 Å². The fourth-order valence-corrected chi connectivity index (χ4v) is 1.59. The SMILES string of the molecule is O=C(OC(=O)c1cccc(Cl)c1)OC1CCC1. The van der Waals surface area contributed by atoms with Crippen molar-refractivity contribution in [2.45, 2.75) is 25.4 Å². The summed E-state index contributed by atoms with van der Waals surface area (Å²) < 4.78 is 9.43. The lowest BCUT2D eigenvalue weighted by Crippen LogP contribution is -2.26. The summed E-state index contributed by atoms with van der Waals surface area (Å²) in [4.78, 5) is 22.7. The van der Waals surface area contributed by atoms with Crippen LogP contribution in [0.5, 0.6) is 0 Å². The molecule has 1 aliphatic rings. The Morgan fingerprint density at radius 3 is 2.65 bits per heavy atom. The van der Waals surface area contributed by atoms with Crippen molar-refractivity contribution in [1.82, 2.24) is 0 Å². The van der Waals surface area contributed by atoms with E-state index in [-0.39, 0.29) is 11.7 Å². The highest BCUT2D eigenvalue weighted by Crippen LogP contribution is 2.22. The first kappa shape index (κ1) is 11.9. The van der Waals surface area contributed by atoms with Gasteiger partial charge in [-0.15, -0.1) is 0 Å². The molecule has 0 unspecified atom stereocenters. The van der Waals surface area contributed by atoms with E-state index in [9.17, 15) is 9.59 Å². The molecule has 0 radical (unpaired) electrons. The molecule has 0 spiro atoms. The van der Waals surface area contributed by atoms with Crippen molar-refractivity contribution in [3.05, 3.63) is 34.9 Å². The predicted molar refractivity (Wildman–Crippen MR) is 61.0 cm³/mol. The van der Waals surface area contributed by atoms with E-state index in [0.717, 1.165) is 19.3 Å². The van der Waals surface area contributed by atoms with Crippen molar-refractivity contribution < 1.29 is 19.1 Å². The predicted octanol–water partition coefficient (Wildman–Crippen LogP) is 3.19. The first-order valence-corrected chi connectivity index (χ1v) is 5.71. The van der Waals surface area contributed by atoms with Crippen molar-refractivity contribution in [2.75, 3.05) is 0 Å². The van der Waals surface area contributed by atoms with Gasteiger partial charge in [0.15, 0.2) is 0 Å². The molecule has 1 aliphatic carbocycles. The quantitative estimate of drug-likeness (QED) is 0.601. The van der Waals surface area contributed by atoms with E-state index in [1.807, 2.05) is 0 Å². The van der Waals surface area contributed by atoms with Crippen molar-refractivity contribution in [3.8, 4) is 0 Å². The second-order valence-electron chi connectivity index (χ2n) is 3.82. The van der Waals surface area contributed by atoms with Gasteiger partial charge in [0, 0.05) is 5.02 Å². The Morgan fingerprint density at radius 1 is 1.29 bits per heavy atom. The molecule has 0 bridgehead atoms. The highest BCUT2D eigenvalue weighted by atomic mass is 35.5. The zero-order chi connectivity index (χ0) is 12.3. The Morgan fingerprint density at radius 2 is 2.06 bits per heavy atom. The molecule has 0 aliphatic heterocycles. The minimum absolute atomic E-state index is 0.102. The van der Waals surface area contributed by atoms with Crippen LogP contribution < -0.4 is 0 Å². The summed E-state index contributed by atoms with van der Waals surface area (Å²) in [5.41, 5.74) is 0.225. The number of esters is 1. The van der Waals surface area contributed by atoms with Crippen LogP contribution >= 0.6 is 11.6 Å². The molecule has 0 N–H and O–H groups in total. The molecule has 4 nitrogen and oxygen atoms in total. The number of carbonyl (C=O) groups is 2. The van der Waals surface area contributed by atoms with Gasteiger partial charge in [0.2, 0.25) is 0 Å². The van der Waals surface area contributed by atoms with Crippen molar-refractivity contribution in [3.63, 3.8) is 0 Å². The number of hydrogen-bond donors (Lipinski definition) is 0. The van der Waals surface area contributed by atoms with Gasteiger partial charge in [0.25, 0.3) is 0 Å². The van der Waals surface area contributed by atoms with Crippen molar-refractivity contribution in [1.29, 1.82) is 0 Å². The molecule has 17 heavy (non-hydrogen) atoms. The molecule has 1 aromatic rings. The lowest BCUT2D eigenvalue weighted by molar-refractivity contribution is 0.000881. The van der Waals surface area contributed by atoms with Gasteiger partial charge in [-0.3, -0.25) is 0 Å². The van der Waals surface area contributed by atoms with Gasteiger partial charge in [0.1, 0.15) is 6.10 Å². The summed E-state index contributed by atoms with van der Waals surface area (Å²) >= 11 is 5.72. The van der Waals surface area contributed by atoms with Gasteiger partial charge < -0.3 is 9.47 Å². The molecular formula is C12H11ClO4. The molecule has 0 aromatic heterocycles. The first-order valence-electron chi connectivity index (χ1n) is 5.33. The third kappa shape index (κ3) is 3.20. The fraction of sp³-hybridized carbons (Fsp3) is 0.333. The minimum atomic E-state index is -0.945. The van der Waals surface area contributed by atoms with E-state index < -0.39 is 12.1 Å². The molecular weight excluding hydrogens is 244 g/mol. The Kier molecular flexibility index (Phi) is 3.64. The largest absolute Gasteiger partial charge is 0.516 e. The van der Waals surface area contributed by atoms with Crippen LogP contribution in [0.25, 0.3) is 0 Å². The number of hydrogen-bond acceptors (Lipinski definition) is 4. The van der Waals surface area contributed by atoms with Crippen molar-refractivity contribution in [2.24, 2.45) is 0 Å². The third-order valence-corrected chi connectivity index (χ3v) is 2.79. The van der Waals surface area contributed by atoms with Crippen LogP contribution in [0.2, 0.25) is 5.02 Å². The molecule has 1 saturated carbocycles. The average Bonchev–Trinajstić information content (AvgIpc) is 2.23. The Balaban J connectivity index is 1.89. The summed E-state index contributed by atoms with van der Waals surface area (Å²) in [5.74, 6) is -0.753. The smallest absolute Gasteiger partial charge is 0.431 e. The van der Waals surface area contributed by atoms with E-state index in [2.05, 4.69) is 4.74 Å². The van der Waals surface area contributed by atoms with Crippen LogP contribution in [-0.4, -0.2) is 18.2 Å². The van der Waals surface area contributed by atoms with E-state index in [1.165, 1.54) is 12.1 Å². The van der Waals surface area contributed by atoms with E-state index in [4.69, 9.17) is 16.3 Å². The van der Waals surface area contributed by atoms with E-state index in [0.29, 0.717) is 5.02 Å². The second kappa shape index (κ2) is 5.19. The highest BCUT2D eigenvalue weighted by Gasteiger charge is 2.24. The summed E-state index contributed by atoms with van der Waals surface area (Å²) in [6, 6.07) is 6.19. The second-order valence-corrected chi connectivity index (χ2v) is 4.26. The fourth-order valence-electron chi connectivity index (χ4n) is 1.40. The van der Waals surface area contributed by atoms with Crippen LogP contribution in [0.4, 0.5) is 4.79 Å². The molecule has 0 amide bonds. The van der Waals surface area contributed by atoms with Gasteiger partial charge in [-0.25, -0.2) is 9.59 Å². The summed E-state index contributed by atoms with van der Waals surface area (Å²) in [6.45, 7) is 0. The number of carbonyl (C=O) groups excluding carboxylic acids is 2. The summed E-state index contributed by atoms with van der Waals surface area (Å²) in [5, 5.41) is 0.409. The van der Waals surface area contributed by atoms with Crippen LogP contribution in [0.3, 0.4) is 0 Å². The van der Waals surface area contributed by atoms with Crippen molar-refractivity contribution >= 4 is 23.7 Å². The summed E-state index contributed by atoms with van der Waals surface area (Å²) in [7, 11) is 0. The topological polar surface area (TPSA) is 52.6 Å². The standard InChI is InChI=1S/C12H11ClO4/c13-9-4-1-3-8(7-9)11(14)17-12(15)16-10-5-2-6-10/h1,3-4,7,10H,2,5-6H2.